The van der Waals surface area contributed by atoms with E-state index in [1.165, 1.54) is 0 Å². The van der Waals surface area contributed by atoms with Crippen LogP contribution in [-0.2, 0) is 48.3 Å². The van der Waals surface area contributed by atoms with E-state index in [0.717, 1.165) is 11.1 Å². The summed E-state index contributed by atoms with van der Waals surface area (Å²) in [6.07, 6.45) is -6.00. The normalized spacial score (nSPS) is 22.1. The minimum atomic E-state index is -3.66. The number of nitrogens with one attached hydrogen (secondary N) is 1. The Balaban J connectivity index is 1.58. The molecule has 46 heavy (non-hydrogen) atoms. The summed E-state index contributed by atoms with van der Waals surface area (Å²) >= 11 is 0. The molecule has 10 heteroatoms. The lowest BCUT2D eigenvalue weighted by molar-refractivity contribution is -0.285. The molecule has 0 spiro atoms. The van der Waals surface area contributed by atoms with E-state index in [-0.39, 0.29) is 32.3 Å². The first-order valence-electron chi connectivity index (χ1n) is 15.7. The van der Waals surface area contributed by atoms with Gasteiger partial charge >= 0.3 is 12.1 Å². The third-order valence-electron chi connectivity index (χ3n) is 7.99. The van der Waals surface area contributed by atoms with Gasteiger partial charge < -0.3 is 29.0 Å². The Morgan fingerprint density at radius 3 is 1.78 bits per heavy atom. The van der Waals surface area contributed by atoms with Crippen molar-refractivity contribution < 1.29 is 42.1 Å². The lowest BCUT2D eigenvalue weighted by atomic mass is 9.83. The maximum Gasteiger partial charge on any atom is 0.408 e. The number of alkyl carbamates (subject to hydrolysis) is 1. The second-order valence-corrected chi connectivity index (χ2v) is 11.4. The molecular formula is C36H43F2NO7. The number of ether oxygens (including phenoxy) is 5. The van der Waals surface area contributed by atoms with E-state index in [1.54, 1.807) is 31.2 Å². The Hall–Kier alpha value is -3.86. The molecule has 8 nitrogen and oxygen atoms in total. The van der Waals surface area contributed by atoms with Crippen LogP contribution in [0.25, 0.3) is 0 Å². The minimum absolute atomic E-state index is 0.0432. The van der Waals surface area contributed by atoms with Gasteiger partial charge in [-0.15, -0.1) is 0 Å². The number of rotatable bonds is 15. The SMILES string of the molecule is CCOC(=O)[C@@H](CC(F)(F)[C@@H]1O[C@H](CC)[C@H](C)[C@H](OCc2ccccc2)[C@H]1OCc1ccccc1)NC(=O)OCc1ccccc1. The number of benzene rings is 3. The Bertz CT molecular complexity index is 1350. The molecule has 3 aromatic rings. The summed E-state index contributed by atoms with van der Waals surface area (Å²) in [6, 6.07) is 25.9. The van der Waals surface area contributed by atoms with Gasteiger partial charge in [-0.3, -0.25) is 0 Å². The van der Waals surface area contributed by atoms with Gasteiger partial charge in [0.15, 0.2) is 0 Å². The number of alkyl halides is 2. The van der Waals surface area contributed by atoms with Crippen molar-refractivity contribution in [3.8, 4) is 0 Å². The van der Waals surface area contributed by atoms with E-state index in [1.807, 2.05) is 80.6 Å². The van der Waals surface area contributed by atoms with Crippen LogP contribution in [0.1, 0.15) is 50.3 Å². The van der Waals surface area contributed by atoms with Crippen molar-refractivity contribution in [3.63, 3.8) is 0 Å². The van der Waals surface area contributed by atoms with E-state index in [9.17, 15) is 9.59 Å². The number of halogens is 2. The third-order valence-corrected chi connectivity index (χ3v) is 7.99. The fourth-order valence-electron chi connectivity index (χ4n) is 5.57. The first kappa shape index (κ1) is 35.0. The average Bonchev–Trinajstić information content (AvgIpc) is 3.07. The van der Waals surface area contributed by atoms with Crippen LogP contribution in [0.15, 0.2) is 91.0 Å². The molecule has 1 heterocycles. The summed E-state index contributed by atoms with van der Waals surface area (Å²) in [5, 5.41) is 2.29. The zero-order chi connectivity index (χ0) is 32.9. The molecule has 0 aliphatic carbocycles. The maximum atomic E-state index is 16.6. The van der Waals surface area contributed by atoms with Gasteiger partial charge in [0, 0.05) is 12.3 Å². The lowest BCUT2D eigenvalue weighted by Gasteiger charge is -2.47. The van der Waals surface area contributed by atoms with E-state index < -0.39 is 54.9 Å². The first-order valence-corrected chi connectivity index (χ1v) is 15.7. The van der Waals surface area contributed by atoms with Crippen LogP contribution in [0.2, 0.25) is 0 Å². The molecule has 3 aromatic carbocycles. The van der Waals surface area contributed by atoms with Crippen LogP contribution < -0.4 is 5.32 Å². The standard InChI is InChI=1S/C36H43F2NO7/c1-4-30-25(3)31(43-22-26-15-9-6-10-16-26)32(44-23-27-17-11-7-12-18-27)33(46-30)36(37,38)21-29(34(40)42-5-2)39-35(41)45-24-28-19-13-8-14-20-28/h6-20,25,29-33H,4-5,21-24H2,1-3H3,(H,39,41)/t25-,29+,30+,31-,32+,33+/m0/s1. The van der Waals surface area contributed by atoms with Crippen molar-refractivity contribution in [2.24, 2.45) is 5.92 Å². The van der Waals surface area contributed by atoms with Crippen LogP contribution in [-0.4, -0.2) is 55.0 Å². The number of carbonyl (C=O) groups excluding carboxylic acids is 2. The summed E-state index contributed by atoms with van der Waals surface area (Å²) in [7, 11) is 0. The highest BCUT2D eigenvalue weighted by Gasteiger charge is 2.56. The topological polar surface area (TPSA) is 92.3 Å². The Morgan fingerprint density at radius 2 is 1.28 bits per heavy atom. The van der Waals surface area contributed by atoms with Crippen molar-refractivity contribution in [2.45, 2.75) is 89.8 Å². The molecular weight excluding hydrogens is 596 g/mol. The van der Waals surface area contributed by atoms with Crippen molar-refractivity contribution >= 4 is 12.1 Å². The van der Waals surface area contributed by atoms with Crippen molar-refractivity contribution in [3.05, 3.63) is 108 Å². The van der Waals surface area contributed by atoms with Gasteiger partial charge in [0.1, 0.15) is 24.9 Å². The summed E-state index contributed by atoms with van der Waals surface area (Å²) in [5.41, 5.74) is 2.38. The largest absolute Gasteiger partial charge is 0.464 e. The van der Waals surface area contributed by atoms with E-state index >= 15 is 8.78 Å². The van der Waals surface area contributed by atoms with Crippen molar-refractivity contribution in [1.82, 2.24) is 5.32 Å². The zero-order valence-corrected chi connectivity index (χ0v) is 26.5. The maximum absolute atomic E-state index is 16.6. The highest BCUT2D eigenvalue weighted by Crippen LogP contribution is 2.41. The van der Waals surface area contributed by atoms with Gasteiger partial charge in [-0.1, -0.05) is 105 Å². The summed E-state index contributed by atoms with van der Waals surface area (Å²) in [6.45, 7) is 5.40. The summed E-state index contributed by atoms with van der Waals surface area (Å²) < 4.78 is 62.1. The number of hydrogen-bond donors (Lipinski definition) is 1. The predicted molar refractivity (Wildman–Crippen MR) is 168 cm³/mol. The van der Waals surface area contributed by atoms with Gasteiger partial charge in [0.2, 0.25) is 0 Å². The highest BCUT2D eigenvalue weighted by molar-refractivity contribution is 5.81. The Labute approximate surface area is 269 Å². The van der Waals surface area contributed by atoms with Crippen LogP contribution in [0.5, 0.6) is 0 Å². The van der Waals surface area contributed by atoms with Gasteiger partial charge in [0.05, 0.1) is 32.0 Å². The fraction of sp³-hybridized carbons (Fsp3) is 0.444. The van der Waals surface area contributed by atoms with Gasteiger partial charge in [0.25, 0.3) is 5.92 Å². The van der Waals surface area contributed by atoms with E-state index in [2.05, 4.69) is 5.32 Å². The minimum Gasteiger partial charge on any atom is -0.464 e. The summed E-state index contributed by atoms with van der Waals surface area (Å²) in [5.74, 6) is -4.95. The number of esters is 1. The molecule has 1 fully saturated rings. The van der Waals surface area contributed by atoms with E-state index in [0.29, 0.717) is 12.0 Å². The molecule has 1 aliphatic heterocycles. The number of carbonyl (C=O) groups is 2. The third kappa shape index (κ3) is 9.82. The molecule has 0 saturated carbocycles. The highest BCUT2D eigenvalue weighted by atomic mass is 19.3. The van der Waals surface area contributed by atoms with E-state index in [4.69, 9.17) is 23.7 Å². The van der Waals surface area contributed by atoms with Crippen LogP contribution in [0, 0.1) is 5.92 Å². The molecule has 1 saturated heterocycles. The average molecular weight is 640 g/mol. The number of amides is 1. The van der Waals surface area contributed by atoms with Gasteiger partial charge in [-0.2, -0.15) is 0 Å². The molecule has 0 bridgehead atoms. The van der Waals surface area contributed by atoms with Crippen molar-refractivity contribution in [1.29, 1.82) is 0 Å². The van der Waals surface area contributed by atoms with Gasteiger partial charge in [-0.25, -0.2) is 18.4 Å². The fourth-order valence-corrected chi connectivity index (χ4v) is 5.57. The molecule has 1 N–H and O–H groups in total. The molecule has 1 aliphatic rings. The molecule has 0 aromatic heterocycles. The lowest BCUT2D eigenvalue weighted by Crippen LogP contribution is -2.62. The Morgan fingerprint density at radius 1 is 0.783 bits per heavy atom. The molecule has 6 atom stereocenters. The smallest absolute Gasteiger partial charge is 0.408 e. The number of hydrogen-bond acceptors (Lipinski definition) is 7. The molecule has 1 amide bonds. The molecule has 248 valence electrons. The summed E-state index contributed by atoms with van der Waals surface area (Å²) in [4.78, 5) is 25.6. The zero-order valence-electron chi connectivity index (χ0n) is 26.5. The molecule has 4 rings (SSSR count). The van der Waals surface area contributed by atoms with Crippen LogP contribution >= 0.6 is 0 Å². The Kier molecular flexibility index (Phi) is 13.1. The van der Waals surface area contributed by atoms with Crippen molar-refractivity contribution in [2.75, 3.05) is 6.61 Å². The quantitative estimate of drug-likeness (QED) is 0.182. The molecule has 0 radical (unpaired) electrons. The second-order valence-electron chi connectivity index (χ2n) is 11.4. The monoisotopic (exact) mass is 639 g/mol. The van der Waals surface area contributed by atoms with Gasteiger partial charge in [-0.05, 0) is 30.0 Å². The van der Waals surface area contributed by atoms with Crippen LogP contribution in [0.3, 0.4) is 0 Å². The predicted octanol–water partition coefficient (Wildman–Crippen LogP) is 6.85. The van der Waals surface area contributed by atoms with Crippen LogP contribution in [0.4, 0.5) is 13.6 Å². The molecule has 0 unspecified atom stereocenters. The second kappa shape index (κ2) is 17.2. The first-order chi connectivity index (χ1) is 22.2.